The van der Waals surface area contributed by atoms with Gasteiger partial charge in [-0.15, -0.1) is 0 Å². The molecule has 0 saturated carbocycles. The van der Waals surface area contributed by atoms with E-state index in [1.165, 1.54) is 0 Å². The van der Waals surface area contributed by atoms with Crippen LogP contribution >= 0.6 is 11.6 Å². The molecular weight excluding hydrogens is 260 g/mol. The van der Waals surface area contributed by atoms with E-state index in [2.05, 4.69) is 10.6 Å². The Morgan fingerprint density at radius 2 is 1.95 bits per heavy atom. The lowest BCUT2D eigenvalue weighted by Crippen LogP contribution is -2.48. The Labute approximate surface area is 119 Å². The van der Waals surface area contributed by atoms with E-state index in [4.69, 9.17) is 11.6 Å². The molecule has 2 rings (SSSR count). The lowest BCUT2D eigenvalue weighted by atomic mass is 9.83. The molecule has 0 aromatic heterocycles. The zero-order chi connectivity index (χ0) is 13.9. The zero-order valence-corrected chi connectivity index (χ0v) is 12.3. The Morgan fingerprint density at radius 1 is 1.32 bits per heavy atom. The first-order valence-corrected chi connectivity index (χ1v) is 7.16. The van der Waals surface area contributed by atoms with E-state index in [9.17, 15) is 4.79 Å². The standard InChI is InChI=1S/C15H21ClN2O/c1-15(2,12-5-3-4-6-13(12)16)14(19)18-11-7-9-17-10-8-11/h3-6,11,17H,7-10H2,1-2H3,(H,18,19). The molecule has 1 saturated heterocycles. The molecular formula is C15H21ClN2O. The molecule has 3 nitrogen and oxygen atoms in total. The van der Waals surface area contributed by atoms with Gasteiger partial charge in [-0.25, -0.2) is 0 Å². The predicted molar refractivity (Wildman–Crippen MR) is 78.5 cm³/mol. The van der Waals surface area contributed by atoms with Crippen LogP contribution in [0.25, 0.3) is 0 Å². The molecule has 4 heteroatoms. The summed E-state index contributed by atoms with van der Waals surface area (Å²) >= 11 is 6.21. The number of benzene rings is 1. The molecule has 1 amide bonds. The molecule has 0 aliphatic carbocycles. The molecule has 0 radical (unpaired) electrons. The van der Waals surface area contributed by atoms with E-state index in [0.717, 1.165) is 31.5 Å². The van der Waals surface area contributed by atoms with E-state index in [1.54, 1.807) is 0 Å². The Bertz CT molecular complexity index is 453. The lowest BCUT2D eigenvalue weighted by Gasteiger charge is -2.30. The van der Waals surface area contributed by atoms with Crippen molar-refractivity contribution >= 4 is 17.5 Å². The van der Waals surface area contributed by atoms with Gasteiger partial charge in [0.25, 0.3) is 0 Å². The summed E-state index contributed by atoms with van der Waals surface area (Å²) in [6.45, 7) is 5.78. The van der Waals surface area contributed by atoms with E-state index < -0.39 is 5.41 Å². The second-order valence-electron chi connectivity index (χ2n) is 5.60. The number of halogens is 1. The predicted octanol–water partition coefficient (Wildman–Crippen LogP) is 2.49. The lowest BCUT2D eigenvalue weighted by molar-refractivity contribution is -0.126. The minimum absolute atomic E-state index is 0.0486. The number of amides is 1. The highest BCUT2D eigenvalue weighted by Gasteiger charge is 2.33. The smallest absolute Gasteiger partial charge is 0.230 e. The van der Waals surface area contributed by atoms with Crippen molar-refractivity contribution < 1.29 is 4.79 Å². The second-order valence-corrected chi connectivity index (χ2v) is 6.01. The van der Waals surface area contributed by atoms with Crippen LogP contribution in [0.15, 0.2) is 24.3 Å². The fourth-order valence-corrected chi connectivity index (χ4v) is 2.79. The zero-order valence-electron chi connectivity index (χ0n) is 11.5. The largest absolute Gasteiger partial charge is 0.353 e. The average Bonchev–Trinajstić information content (AvgIpc) is 2.40. The van der Waals surface area contributed by atoms with Gasteiger partial charge in [-0.2, -0.15) is 0 Å². The summed E-state index contributed by atoms with van der Waals surface area (Å²) < 4.78 is 0. The molecule has 1 aliphatic rings. The molecule has 1 aromatic rings. The summed E-state index contributed by atoms with van der Waals surface area (Å²) in [6.07, 6.45) is 1.98. The van der Waals surface area contributed by atoms with Crippen molar-refractivity contribution in [3.8, 4) is 0 Å². The summed E-state index contributed by atoms with van der Waals surface area (Å²) in [4.78, 5) is 12.5. The van der Waals surface area contributed by atoms with E-state index in [-0.39, 0.29) is 11.9 Å². The number of carbonyl (C=O) groups excluding carboxylic acids is 1. The van der Waals surface area contributed by atoms with Gasteiger partial charge in [-0.1, -0.05) is 29.8 Å². The number of hydrogen-bond donors (Lipinski definition) is 2. The van der Waals surface area contributed by atoms with Crippen molar-refractivity contribution in [1.29, 1.82) is 0 Å². The minimum Gasteiger partial charge on any atom is -0.353 e. The summed E-state index contributed by atoms with van der Waals surface area (Å²) in [6, 6.07) is 7.82. The van der Waals surface area contributed by atoms with Gasteiger partial charge in [0, 0.05) is 11.1 Å². The number of rotatable bonds is 3. The van der Waals surface area contributed by atoms with Crippen LogP contribution in [0, 0.1) is 0 Å². The minimum atomic E-state index is -0.608. The Kier molecular flexibility index (Phi) is 4.48. The van der Waals surface area contributed by atoms with E-state index in [1.807, 2.05) is 38.1 Å². The molecule has 2 N–H and O–H groups in total. The molecule has 1 heterocycles. The molecule has 0 bridgehead atoms. The van der Waals surface area contributed by atoms with Gasteiger partial charge >= 0.3 is 0 Å². The topological polar surface area (TPSA) is 41.1 Å². The van der Waals surface area contributed by atoms with E-state index in [0.29, 0.717) is 5.02 Å². The van der Waals surface area contributed by atoms with Gasteiger partial charge in [-0.3, -0.25) is 4.79 Å². The van der Waals surface area contributed by atoms with Gasteiger partial charge < -0.3 is 10.6 Å². The molecule has 0 atom stereocenters. The highest BCUT2D eigenvalue weighted by molar-refractivity contribution is 6.31. The Balaban J connectivity index is 2.10. The second kappa shape index (κ2) is 5.93. The van der Waals surface area contributed by atoms with Gasteiger partial charge in [0.05, 0.1) is 5.41 Å². The first kappa shape index (κ1) is 14.4. The quantitative estimate of drug-likeness (QED) is 0.893. The fraction of sp³-hybridized carbons (Fsp3) is 0.533. The van der Waals surface area contributed by atoms with Crippen molar-refractivity contribution in [1.82, 2.24) is 10.6 Å². The third kappa shape index (κ3) is 3.28. The van der Waals surface area contributed by atoms with Crippen LogP contribution in [0.3, 0.4) is 0 Å². The highest BCUT2D eigenvalue weighted by atomic mass is 35.5. The van der Waals surface area contributed by atoms with Crippen molar-refractivity contribution in [2.75, 3.05) is 13.1 Å². The van der Waals surface area contributed by atoms with Crippen LogP contribution in [0.4, 0.5) is 0 Å². The monoisotopic (exact) mass is 280 g/mol. The number of carbonyl (C=O) groups is 1. The number of piperidine rings is 1. The van der Waals surface area contributed by atoms with Crippen LogP contribution in [-0.4, -0.2) is 25.0 Å². The Morgan fingerprint density at radius 3 is 2.58 bits per heavy atom. The molecule has 104 valence electrons. The van der Waals surface area contributed by atoms with Crippen LogP contribution in [0.2, 0.25) is 5.02 Å². The van der Waals surface area contributed by atoms with Crippen LogP contribution in [0.5, 0.6) is 0 Å². The van der Waals surface area contributed by atoms with Crippen LogP contribution in [0.1, 0.15) is 32.3 Å². The molecule has 1 aromatic carbocycles. The van der Waals surface area contributed by atoms with Crippen molar-refractivity contribution in [3.63, 3.8) is 0 Å². The van der Waals surface area contributed by atoms with E-state index >= 15 is 0 Å². The number of hydrogen-bond acceptors (Lipinski definition) is 2. The highest BCUT2D eigenvalue weighted by Crippen LogP contribution is 2.30. The third-order valence-corrected chi connectivity index (χ3v) is 4.12. The van der Waals surface area contributed by atoms with Crippen LogP contribution < -0.4 is 10.6 Å². The summed E-state index contributed by atoms with van der Waals surface area (Å²) in [5.41, 5.74) is 0.270. The van der Waals surface area contributed by atoms with Gasteiger partial charge in [0.1, 0.15) is 0 Å². The summed E-state index contributed by atoms with van der Waals surface area (Å²) in [5, 5.41) is 7.09. The van der Waals surface area contributed by atoms with Gasteiger partial charge in [0.15, 0.2) is 0 Å². The molecule has 1 fully saturated rings. The van der Waals surface area contributed by atoms with Crippen LogP contribution in [-0.2, 0) is 10.2 Å². The van der Waals surface area contributed by atoms with Crippen molar-refractivity contribution in [2.45, 2.75) is 38.1 Å². The van der Waals surface area contributed by atoms with Crippen molar-refractivity contribution in [2.24, 2.45) is 0 Å². The average molecular weight is 281 g/mol. The van der Waals surface area contributed by atoms with Crippen molar-refractivity contribution in [3.05, 3.63) is 34.9 Å². The normalized spacial score (nSPS) is 17.2. The van der Waals surface area contributed by atoms with Gasteiger partial charge in [0.2, 0.25) is 5.91 Å². The summed E-state index contributed by atoms with van der Waals surface area (Å²) in [7, 11) is 0. The third-order valence-electron chi connectivity index (χ3n) is 3.79. The molecule has 1 aliphatic heterocycles. The Hall–Kier alpha value is -1.06. The first-order valence-electron chi connectivity index (χ1n) is 6.78. The molecule has 0 unspecified atom stereocenters. The maximum atomic E-state index is 12.5. The first-order chi connectivity index (χ1) is 9.01. The number of nitrogens with one attached hydrogen (secondary N) is 2. The maximum Gasteiger partial charge on any atom is 0.230 e. The van der Waals surface area contributed by atoms with Gasteiger partial charge in [-0.05, 0) is 51.4 Å². The fourth-order valence-electron chi connectivity index (χ4n) is 2.42. The molecule has 19 heavy (non-hydrogen) atoms. The SMILES string of the molecule is CC(C)(C(=O)NC1CCNCC1)c1ccccc1Cl. The maximum absolute atomic E-state index is 12.5. The molecule has 0 spiro atoms. The summed E-state index contributed by atoms with van der Waals surface area (Å²) in [5.74, 6) is 0.0486.